The Bertz CT molecular complexity index is 1080. The van der Waals surface area contributed by atoms with Gasteiger partial charge in [0.1, 0.15) is 0 Å². The number of alkyl halides is 6. The fourth-order valence-electron chi connectivity index (χ4n) is 3.64. The summed E-state index contributed by atoms with van der Waals surface area (Å²) < 4.78 is 108. The molecule has 4 nitrogen and oxygen atoms in total. The van der Waals surface area contributed by atoms with Gasteiger partial charge in [0.25, 0.3) is 10.0 Å². The number of hydrogen-bond acceptors (Lipinski definition) is 3. The van der Waals surface area contributed by atoms with Gasteiger partial charge in [-0.2, -0.15) is 26.3 Å². The molecule has 0 radical (unpaired) electrons. The molecule has 0 bridgehead atoms. The Morgan fingerprint density at radius 3 is 1.63 bits per heavy atom. The van der Waals surface area contributed by atoms with Gasteiger partial charge in [0.2, 0.25) is 0 Å². The Hall–Kier alpha value is -2.27. The highest BCUT2D eigenvalue weighted by Crippen LogP contribution is 2.39. The van der Waals surface area contributed by atoms with E-state index >= 15 is 0 Å². The van der Waals surface area contributed by atoms with Crippen LogP contribution in [0.5, 0.6) is 0 Å². The van der Waals surface area contributed by atoms with Crippen LogP contribution in [0.2, 0.25) is 0 Å². The van der Waals surface area contributed by atoms with Gasteiger partial charge < -0.3 is 5.11 Å². The summed E-state index contributed by atoms with van der Waals surface area (Å²) in [6.45, 7) is 7.26. The topological polar surface area (TPSA) is 66.4 Å². The third-order valence-electron chi connectivity index (χ3n) is 5.48. The van der Waals surface area contributed by atoms with Crippen molar-refractivity contribution in [1.82, 2.24) is 0 Å². The number of nitrogens with one attached hydrogen (secondary N) is 1. The first-order chi connectivity index (χ1) is 16.0. The van der Waals surface area contributed by atoms with E-state index in [0.717, 1.165) is 5.56 Å². The second-order valence-corrected chi connectivity index (χ2v) is 10.7. The highest BCUT2D eigenvalue weighted by molar-refractivity contribution is 7.92. The van der Waals surface area contributed by atoms with Crippen LogP contribution in [-0.4, -0.2) is 20.1 Å². The summed E-state index contributed by atoms with van der Waals surface area (Å²) in [4.78, 5) is -1.13. The molecule has 0 saturated carbocycles. The lowest BCUT2D eigenvalue weighted by molar-refractivity contribution is -0.143. The second-order valence-electron chi connectivity index (χ2n) is 8.99. The van der Waals surface area contributed by atoms with E-state index in [9.17, 15) is 34.8 Å². The van der Waals surface area contributed by atoms with Crippen LogP contribution in [0.15, 0.2) is 35.2 Å². The van der Waals surface area contributed by atoms with Crippen molar-refractivity contribution in [3.05, 3.63) is 58.1 Å². The number of unbranched alkanes of at least 4 members (excludes halogenated alkanes) is 1. The van der Waals surface area contributed by atoms with Gasteiger partial charge in [0.05, 0.1) is 21.7 Å². The maximum atomic E-state index is 13.3. The number of sulfonamides is 1. The van der Waals surface area contributed by atoms with Gasteiger partial charge in [-0.25, -0.2) is 8.42 Å². The van der Waals surface area contributed by atoms with Crippen LogP contribution in [0.4, 0.5) is 32.0 Å². The van der Waals surface area contributed by atoms with Crippen molar-refractivity contribution in [2.45, 2.75) is 76.0 Å². The number of hydrogen-bond donors (Lipinski definition) is 2. The molecule has 0 unspecified atom stereocenters. The summed E-state index contributed by atoms with van der Waals surface area (Å²) in [5.74, 6) is -0.398. The molecular weight excluding hydrogens is 496 g/mol. The average Bonchev–Trinajstić information content (AvgIpc) is 2.72. The van der Waals surface area contributed by atoms with E-state index < -0.39 is 38.4 Å². The first kappa shape index (κ1) is 29.0. The number of aliphatic hydroxyl groups excluding tert-OH is 1. The molecule has 0 heterocycles. The van der Waals surface area contributed by atoms with Crippen LogP contribution >= 0.6 is 0 Å². The number of aryl methyl sites for hydroxylation is 1. The van der Waals surface area contributed by atoms with E-state index in [4.69, 9.17) is 5.11 Å². The molecule has 0 aliphatic carbocycles. The van der Waals surface area contributed by atoms with Crippen molar-refractivity contribution in [2.24, 2.45) is 0 Å². The number of halogens is 6. The smallest absolute Gasteiger partial charge is 0.396 e. The molecule has 0 saturated heterocycles. The Morgan fingerprint density at radius 2 is 1.26 bits per heavy atom. The van der Waals surface area contributed by atoms with Crippen molar-refractivity contribution in [3.63, 3.8) is 0 Å². The highest BCUT2D eigenvalue weighted by Gasteiger charge is 2.38. The zero-order valence-corrected chi connectivity index (χ0v) is 20.6. The first-order valence-electron chi connectivity index (χ1n) is 11.1. The van der Waals surface area contributed by atoms with E-state index in [1.807, 2.05) is 0 Å². The van der Waals surface area contributed by atoms with E-state index in [2.05, 4.69) is 4.72 Å². The van der Waals surface area contributed by atoms with Crippen LogP contribution in [0.25, 0.3) is 0 Å². The van der Waals surface area contributed by atoms with Gasteiger partial charge >= 0.3 is 12.4 Å². The fourth-order valence-corrected chi connectivity index (χ4v) is 4.83. The average molecular weight is 526 g/mol. The Labute approximate surface area is 201 Å². The molecule has 0 aliphatic rings. The first-order valence-corrected chi connectivity index (χ1v) is 12.6. The van der Waals surface area contributed by atoms with Gasteiger partial charge in [-0.1, -0.05) is 39.8 Å². The summed E-state index contributed by atoms with van der Waals surface area (Å²) in [6, 6.07) is 3.84. The van der Waals surface area contributed by atoms with Gasteiger partial charge in [0.15, 0.2) is 0 Å². The van der Waals surface area contributed by atoms with Gasteiger partial charge in [-0.05, 0) is 66.0 Å². The highest BCUT2D eigenvalue weighted by atomic mass is 32.2. The lowest BCUT2D eigenvalue weighted by Gasteiger charge is -2.23. The molecule has 2 rings (SSSR count). The molecule has 2 aromatic rings. The monoisotopic (exact) mass is 525 g/mol. The number of benzene rings is 2. The molecule has 0 atom stereocenters. The van der Waals surface area contributed by atoms with Crippen molar-refractivity contribution in [2.75, 3.05) is 11.3 Å². The van der Waals surface area contributed by atoms with Crippen molar-refractivity contribution in [1.29, 1.82) is 0 Å². The van der Waals surface area contributed by atoms with Gasteiger partial charge in [0, 0.05) is 6.61 Å². The molecule has 2 aromatic carbocycles. The summed E-state index contributed by atoms with van der Waals surface area (Å²) in [5.41, 5.74) is -1.23. The number of rotatable bonds is 9. The van der Waals surface area contributed by atoms with Crippen LogP contribution in [0.1, 0.15) is 80.2 Å². The van der Waals surface area contributed by atoms with Crippen molar-refractivity contribution >= 4 is 15.7 Å². The summed E-state index contributed by atoms with van der Waals surface area (Å²) in [5, 5.41) is 9.03. The van der Waals surface area contributed by atoms with Crippen molar-refractivity contribution < 1.29 is 39.9 Å². The summed E-state index contributed by atoms with van der Waals surface area (Å²) in [6.07, 6.45) is -8.45. The predicted molar refractivity (Wildman–Crippen MR) is 122 cm³/mol. The fraction of sp³-hybridized carbons (Fsp3) is 0.500. The Morgan fingerprint density at radius 1 is 0.800 bits per heavy atom. The molecule has 0 amide bonds. The van der Waals surface area contributed by atoms with E-state index in [-0.39, 0.29) is 42.3 Å². The molecule has 0 fully saturated rings. The van der Waals surface area contributed by atoms with E-state index in [0.29, 0.717) is 30.4 Å². The van der Waals surface area contributed by atoms with Crippen LogP contribution < -0.4 is 4.72 Å². The van der Waals surface area contributed by atoms with Gasteiger partial charge in [-0.15, -0.1) is 0 Å². The minimum atomic E-state index is -5.17. The zero-order chi connectivity index (χ0) is 26.8. The minimum Gasteiger partial charge on any atom is -0.396 e. The lowest BCUT2D eigenvalue weighted by atomic mass is 9.89. The quantitative estimate of drug-likeness (QED) is 0.271. The van der Waals surface area contributed by atoms with Crippen LogP contribution in [-0.2, 0) is 28.8 Å². The lowest BCUT2D eigenvalue weighted by Crippen LogP contribution is -2.19. The summed E-state index contributed by atoms with van der Waals surface area (Å²) in [7, 11) is -4.81. The Balaban J connectivity index is 2.67. The maximum Gasteiger partial charge on any atom is 0.416 e. The third kappa shape index (κ3) is 7.36. The molecule has 0 aliphatic heterocycles. The number of aliphatic hydroxyl groups is 1. The Kier molecular flexibility index (Phi) is 8.92. The third-order valence-corrected chi connectivity index (χ3v) is 6.81. The largest absolute Gasteiger partial charge is 0.416 e. The van der Waals surface area contributed by atoms with E-state index in [1.165, 1.54) is 0 Å². The summed E-state index contributed by atoms with van der Waals surface area (Å²) >= 11 is 0. The molecule has 196 valence electrons. The van der Waals surface area contributed by atoms with E-state index in [1.54, 1.807) is 39.8 Å². The molecule has 2 N–H and O–H groups in total. The van der Waals surface area contributed by atoms with Crippen molar-refractivity contribution in [3.8, 4) is 0 Å². The molecular formula is C24H29F6NO3S. The normalized spacial score (nSPS) is 13.1. The SMILES string of the molecule is CC(C)c1cc(CCCCO)cc(C(C)C)c1NS(=O)(=O)c1cc(C(F)(F)F)cc(C(F)(F)F)c1. The second kappa shape index (κ2) is 10.8. The van der Waals surface area contributed by atoms with Gasteiger partial charge in [-0.3, -0.25) is 4.72 Å². The molecule has 35 heavy (non-hydrogen) atoms. The molecule has 11 heteroatoms. The maximum absolute atomic E-state index is 13.3. The standard InChI is InChI=1S/C24H29F6NO3S/c1-14(2)20-9-16(7-5-6-8-32)10-21(15(3)4)22(20)31-35(33,34)19-12-17(23(25,26)27)11-18(13-19)24(28,29)30/h9-15,31-32H,5-8H2,1-4H3. The minimum absolute atomic E-state index is 0.0306. The predicted octanol–water partition coefficient (Wildman–Crippen LogP) is 7.09. The molecule has 0 spiro atoms. The van der Waals surface area contributed by atoms with Crippen LogP contribution in [0.3, 0.4) is 0 Å². The zero-order valence-electron chi connectivity index (χ0n) is 19.8. The van der Waals surface area contributed by atoms with Crippen LogP contribution in [0, 0.1) is 0 Å². The molecule has 0 aromatic heterocycles. The number of anilines is 1.